The number of furan rings is 1. The topological polar surface area (TPSA) is 79.5 Å². The highest BCUT2D eigenvalue weighted by molar-refractivity contribution is 5.92. The highest BCUT2D eigenvalue weighted by Gasteiger charge is 2.50. The zero-order chi connectivity index (χ0) is 13.3. The third kappa shape index (κ3) is 2.25. The molecule has 1 aliphatic carbocycles. The minimum Gasteiger partial charge on any atom is -0.481 e. The molecule has 1 fully saturated rings. The zero-order valence-electron chi connectivity index (χ0n) is 10.6. The highest BCUT2D eigenvalue weighted by atomic mass is 16.4. The Balaban J connectivity index is 1.98. The zero-order valence-corrected chi connectivity index (χ0v) is 10.6. The van der Waals surface area contributed by atoms with Crippen LogP contribution in [0.5, 0.6) is 0 Å². The Morgan fingerprint density at radius 3 is 2.61 bits per heavy atom. The Kier molecular flexibility index (Phi) is 3.15. The molecule has 2 N–H and O–H groups in total. The van der Waals surface area contributed by atoms with Gasteiger partial charge in [-0.25, -0.2) is 0 Å². The smallest absolute Gasteiger partial charge is 0.311 e. The number of aliphatic carboxylic acids is 1. The molecule has 0 saturated heterocycles. The van der Waals surface area contributed by atoms with Crippen molar-refractivity contribution in [2.45, 2.75) is 33.1 Å². The fraction of sp³-hybridized carbons (Fsp3) is 0.538. The third-order valence-corrected chi connectivity index (χ3v) is 3.46. The van der Waals surface area contributed by atoms with Crippen LogP contribution in [0, 0.1) is 12.3 Å². The summed E-state index contributed by atoms with van der Waals surface area (Å²) in [5.74, 6) is -0.136. The van der Waals surface area contributed by atoms with Crippen LogP contribution in [0.25, 0.3) is 0 Å². The fourth-order valence-electron chi connectivity index (χ4n) is 1.94. The van der Waals surface area contributed by atoms with Crippen molar-refractivity contribution >= 4 is 11.9 Å². The van der Waals surface area contributed by atoms with Crippen molar-refractivity contribution in [3.63, 3.8) is 0 Å². The largest absolute Gasteiger partial charge is 0.481 e. The Hall–Kier alpha value is -1.78. The molecule has 1 aliphatic rings. The summed E-state index contributed by atoms with van der Waals surface area (Å²) >= 11 is 0. The molecule has 1 saturated carbocycles. The quantitative estimate of drug-likeness (QED) is 0.835. The second-order valence-corrected chi connectivity index (χ2v) is 4.84. The summed E-state index contributed by atoms with van der Waals surface area (Å²) in [7, 11) is 0. The van der Waals surface area contributed by atoms with Crippen LogP contribution in [0.4, 0.5) is 0 Å². The number of carboxylic acid groups (broad SMARTS) is 1. The summed E-state index contributed by atoms with van der Waals surface area (Å²) in [5.41, 5.74) is 0.201. The SMILES string of the molecule is CCc1oc(C(=O)NCC2(C(=O)O)CC2)cc1C. The van der Waals surface area contributed by atoms with E-state index in [1.54, 1.807) is 6.07 Å². The Bertz CT molecular complexity index is 485. The van der Waals surface area contributed by atoms with Crippen LogP contribution in [-0.2, 0) is 11.2 Å². The number of hydrogen-bond donors (Lipinski definition) is 2. The van der Waals surface area contributed by atoms with E-state index in [2.05, 4.69) is 5.32 Å². The van der Waals surface area contributed by atoms with Crippen LogP contribution < -0.4 is 5.32 Å². The molecule has 1 aromatic rings. The number of aryl methyl sites for hydroxylation is 2. The molecule has 1 aromatic heterocycles. The lowest BCUT2D eigenvalue weighted by Crippen LogP contribution is -2.34. The first-order chi connectivity index (χ1) is 8.48. The summed E-state index contributed by atoms with van der Waals surface area (Å²) in [5, 5.41) is 11.6. The van der Waals surface area contributed by atoms with Crippen LogP contribution in [-0.4, -0.2) is 23.5 Å². The molecule has 0 radical (unpaired) electrons. The van der Waals surface area contributed by atoms with Gasteiger partial charge in [0, 0.05) is 13.0 Å². The normalized spacial score (nSPS) is 16.3. The second kappa shape index (κ2) is 4.48. The monoisotopic (exact) mass is 251 g/mol. The molecule has 18 heavy (non-hydrogen) atoms. The van der Waals surface area contributed by atoms with Crippen molar-refractivity contribution in [2.75, 3.05) is 6.54 Å². The van der Waals surface area contributed by atoms with Crippen LogP contribution in [0.3, 0.4) is 0 Å². The standard InChI is InChI=1S/C13H17NO4/c1-3-9-8(2)6-10(18-9)11(15)14-7-13(4-5-13)12(16)17/h6H,3-5,7H2,1-2H3,(H,14,15)(H,16,17). The van der Waals surface area contributed by atoms with Gasteiger partial charge in [-0.15, -0.1) is 0 Å². The average molecular weight is 251 g/mol. The molecule has 98 valence electrons. The maximum Gasteiger partial charge on any atom is 0.311 e. The van der Waals surface area contributed by atoms with Gasteiger partial charge in [-0.05, 0) is 31.4 Å². The molecule has 1 heterocycles. The van der Waals surface area contributed by atoms with Crippen LogP contribution in [0.15, 0.2) is 10.5 Å². The van der Waals surface area contributed by atoms with Crippen LogP contribution in [0.2, 0.25) is 0 Å². The molecule has 0 unspecified atom stereocenters. The summed E-state index contributed by atoms with van der Waals surface area (Å²) in [6.07, 6.45) is 1.98. The van der Waals surface area contributed by atoms with E-state index in [-0.39, 0.29) is 18.2 Å². The number of amides is 1. The Morgan fingerprint density at radius 1 is 1.50 bits per heavy atom. The molecule has 0 aromatic carbocycles. The third-order valence-electron chi connectivity index (χ3n) is 3.46. The van der Waals surface area contributed by atoms with E-state index in [1.165, 1.54) is 0 Å². The molecule has 0 atom stereocenters. The second-order valence-electron chi connectivity index (χ2n) is 4.84. The molecule has 0 spiro atoms. The first-order valence-corrected chi connectivity index (χ1v) is 6.09. The first-order valence-electron chi connectivity index (χ1n) is 6.09. The predicted octanol–water partition coefficient (Wildman–Crippen LogP) is 1.75. The van der Waals surface area contributed by atoms with E-state index in [9.17, 15) is 9.59 Å². The van der Waals surface area contributed by atoms with E-state index >= 15 is 0 Å². The predicted molar refractivity (Wildman–Crippen MR) is 64.5 cm³/mol. The van der Waals surface area contributed by atoms with Gasteiger partial charge in [0.25, 0.3) is 5.91 Å². The summed E-state index contributed by atoms with van der Waals surface area (Å²) in [6, 6.07) is 1.69. The van der Waals surface area contributed by atoms with E-state index < -0.39 is 11.4 Å². The summed E-state index contributed by atoms with van der Waals surface area (Å²) in [4.78, 5) is 22.8. The molecular weight excluding hydrogens is 234 g/mol. The van der Waals surface area contributed by atoms with Crippen molar-refractivity contribution in [3.8, 4) is 0 Å². The van der Waals surface area contributed by atoms with Crippen LogP contribution in [0.1, 0.15) is 41.6 Å². The van der Waals surface area contributed by atoms with Crippen molar-refractivity contribution < 1.29 is 19.1 Å². The van der Waals surface area contributed by atoms with Crippen molar-refractivity contribution in [3.05, 3.63) is 23.2 Å². The number of nitrogens with one attached hydrogen (secondary N) is 1. The lowest BCUT2D eigenvalue weighted by molar-refractivity contribution is -0.143. The Labute approximate surface area is 105 Å². The van der Waals surface area contributed by atoms with Gasteiger partial charge in [0.05, 0.1) is 5.41 Å². The molecule has 0 bridgehead atoms. The minimum absolute atomic E-state index is 0.169. The Morgan fingerprint density at radius 2 is 2.17 bits per heavy atom. The van der Waals surface area contributed by atoms with Crippen molar-refractivity contribution in [1.29, 1.82) is 0 Å². The molecular formula is C13H17NO4. The van der Waals surface area contributed by atoms with E-state index in [4.69, 9.17) is 9.52 Å². The van der Waals surface area contributed by atoms with Gasteiger partial charge in [-0.1, -0.05) is 6.92 Å². The average Bonchev–Trinajstić information content (AvgIpc) is 3.04. The van der Waals surface area contributed by atoms with Gasteiger partial charge in [0.2, 0.25) is 0 Å². The van der Waals surface area contributed by atoms with Gasteiger partial charge in [0.15, 0.2) is 5.76 Å². The van der Waals surface area contributed by atoms with Crippen molar-refractivity contribution in [2.24, 2.45) is 5.41 Å². The van der Waals surface area contributed by atoms with Gasteiger partial charge in [0.1, 0.15) is 5.76 Å². The van der Waals surface area contributed by atoms with Gasteiger partial charge < -0.3 is 14.8 Å². The number of hydrogen-bond acceptors (Lipinski definition) is 3. The van der Waals surface area contributed by atoms with E-state index in [1.807, 2.05) is 13.8 Å². The van der Waals surface area contributed by atoms with Gasteiger partial charge in [-0.3, -0.25) is 9.59 Å². The maximum absolute atomic E-state index is 11.8. The van der Waals surface area contributed by atoms with E-state index in [0.29, 0.717) is 12.8 Å². The first kappa shape index (κ1) is 12.7. The molecule has 2 rings (SSSR count). The van der Waals surface area contributed by atoms with E-state index in [0.717, 1.165) is 17.7 Å². The number of carboxylic acids is 1. The number of carbonyl (C=O) groups excluding carboxylic acids is 1. The van der Waals surface area contributed by atoms with Crippen molar-refractivity contribution in [1.82, 2.24) is 5.32 Å². The lowest BCUT2D eigenvalue weighted by atomic mass is 10.1. The minimum atomic E-state index is -0.840. The van der Waals surface area contributed by atoms with Crippen LogP contribution >= 0.6 is 0 Å². The molecule has 1 amide bonds. The lowest BCUT2D eigenvalue weighted by Gasteiger charge is -2.09. The van der Waals surface area contributed by atoms with Gasteiger partial charge in [-0.2, -0.15) is 0 Å². The number of rotatable bonds is 5. The summed E-state index contributed by atoms with van der Waals surface area (Å²) < 4.78 is 5.41. The fourth-order valence-corrected chi connectivity index (χ4v) is 1.94. The summed E-state index contributed by atoms with van der Waals surface area (Å²) in [6.45, 7) is 4.01. The maximum atomic E-state index is 11.8. The van der Waals surface area contributed by atoms with Gasteiger partial charge >= 0.3 is 5.97 Å². The molecule has 5 heteroatoms. The number of carbonyl (C=O) groups is 2. The molecule has 0 aliphatic heterocycles. The molecule has 5 nitrogen and oxygen atoms in total. The highest BCUT2D eigenvalue weighted by Crippen LogP contribution is 2.45.